The van der Waals surface area contributed by atoms with Crippen molar-refractivity contribution in [3.8, 4) is 0 Å². The zero-order chi connectivity index (χ0) is 21.9. The van der Waals surface area contributed by atoms with Crippen LogP contribution in [0.5, 0.6) is 0 Å². The van der Waals surface area contributed by atoms with Crippen molar-refractivity contribution in [1.29, 1.82) is 0 Å². The van der Waals surface area contributed by atoms with Crippen molar-refractivity contribution in [3.63, 3.8) is 0 Å². The molecule has 1 unspecified atom stereocenters. The average Bonchev–Trinajstić information content (AvgIpc) is 2.70. The molecular weight excluding hydrogens is 404 g/mol. The van der Waals surface area contributed by atoms with Crippen LogP contribution in [0.1, 0.15) is 0 Å². The Hall–Kier alpha value is -1.01. The second kappa shape index (κ2) is 10.3. The van der Waals surface area contributed by atoms with Gasteiger partial charge in [-0.1, -0.05) is 0 Å². The minimum atomic E-state index is -1.94. The fourth-order valence-electron chi connectivity index (χ4n) is 2.92. The van der Waals surface area contributed by atoms with Crippen molar-refractivity contribution in [1.82, 2.24) is 0 Å². The van der Waals surface area contributed by atoms with Gasteiger partial charge in [-0.05, 0) is 0 Å². The summed E-state index contributed by atoms with van der Waals surface area (Å²) in [6.45, 7) is -1.96. The second-order valence-corrected chi connectivity index (χ2v) is 6.71. The molecule has 2 aliphatic rings. The Morgan fingerprint density at radius 3 is 2.07 bits per heavy atom. The first kappa shape index (κ1) is 24.3. The van der Waals surface area contributed by atoms with Gasteiger partial charge in [0.2, 0.25) is 0 Å². The minimum absolute atomic E-state index is 0.532. The summed E-state index contributed by atoms with van der Waals surface area (Å²) in [5.74, 6) is -1.64. The Bertz CT molecular complexity index is 531. The molecule has 2 rings (SSSR count). The van der Waals surface area contributed by atoms with Crippen LogP contribution in [0.25, 0.3) is 0 Å². The first-order chi connectivity index (χ1) is 13.6. The number of carbonyl (C=O) groups is 1. The third-order valence-electron chi connectivity index (χ3n) is 4.59. The Morgan fingerprint density at radius 1 is 0.897 bits per heavy atom. The van der Waals surface area contributed by atoms with E-state index in [1.807, 2.05) is 0 Å². The molecule has 14 nitrogen and oxygen atoms in total. The van der Waals surface area contributed by atoms with E-state index in [1.165, 1.54) is 0 Å². The van der Waals surface area contributed by atoms with Crippen LogP contribution in [0.3, 0.4) is 0 Å². The molecule has 0 saturated carbocycles. The summed E-state index contributed by atoms with van der Waals surface area (Å²) in [6, 6.07) is 0. The zero-order valence-electron chi connectivity index (χ0n) is 15.0. The molecule has 0 aromatic rings. The van der Waals surface area contributed by atoms with Gasteiger partial charge in [-0.2, -0.15) is 0 Å². The standard InChI is InChI=1S/C15H26O14/c16-1-4(18)3-26-14-10(23)8(21)11(12(29-14)13(24)25)28-15-9(22)7(20)6(19)5(2-17)27-15/h4-12,14-23H,1-3H2,(H,24,25)/t4?,5-,6-,7+,8-,9-,10-,11+,12+,14+,15+/m1/s1. The van der Waals surface area contributed by atoms with Crippen LogP contribution in [0.15, 0.2) is 0 Å². The molecule has 2 fully saturated rings. The van der Waals surface area contributed by atoms with E-state index in [4.69, 9.17) is 24.1 Å². The molecule has 29 heavy (non-hydrogen) atoms. The van der Waals surface area contributed by atoms with Crippen molar-refractivity contribution in [2.24, 2.45) is 0 Å². The van der Waals surface area contributed by atoms with E-state index in [0.29, 0.717) is 0 Å². The summed E-state index contributed by atoms with van der Waals surface area (Å²) in [4.78, 5) is 11.5. The van der Waals surface area contributed by atoms with Gasteiger partial charge in [0, 0.05) is 0 Å². The number of carboxylic acid groups (broad SMARTS) is 1. The molecule has 9 N–H and O–H groups in total. The van der Waals surface area contributed by atoms with Crippen LogP contribution < -0.4 is 0 Å². The summed E-state index contributed by atoms with van der Waals surface area (Å²) < 4.78 is 20.4. The van der Waals surface area contributed by atoms with Gasteiger partial charge in [-0.15, -0.1) is 0 Å². The van der Waals surface area contributed by atoms with E-state index in [1.54, 1.807) is 0 Å². The molecule has 0 aliphatic carbocycles. The maximum atomic E-state index is 11.5. The van der Waals surface area contributed by atoms with Crippen LogP contribution in [0.4, 0.5) is 0 Å². The van der Waals surface area contributed by atoms with Gasteiger partial charge in [-0.25, -0.2) is 4.79 Å². The molecule has 0 spiro atoms. The van der Waals surface area contributed by atoms with Crippen molar-refractivity contribution >= 4 is 5.97 Å². The van der Waals surface area contributed by atoms with Gasteiger partial charge in [0.05, 0.1) is 19.8 Å². The second-order valence-electron chi connectivity index (χ2n) is 6.71. The van der Waals surface area contributed by atoms with E-state index >= 15 is 0 Å². The highest BCUT2D eigenvalue weighted by atomic mass is 16.7. The fraction of sp³-hybridized carbons (Fsp3) is 0.933. The highest BCUT2D eigenvalue weighted by Gasteiger charge is 2.52. The Kier molecular flexibility index (Phi) is 8.65. The van der Waals surface area contributed by atoms with Gasteiger partial charge in [0.15, 0.2) is 18.7 Å². The number of aliphatic carboxylic acids is 1. The molecule has 0 radical (unpaired) electrons. The lowest BCUT2D eigenvalue weighted by atomic mass is 9.97. The summed E-state index contributed by atoms with van der Waals surface area (Å²) in [5.41, 5.74) is 0. The number of hydrogen-bond donors (Lipinski definition) is 9. The Morgan fingerprint density at radius 2 is 1.52 bits per heavy atom. The van der Waals surface area contributed by atoms with E-state index in [0.717, 1.165) is 0 Å². The SMILES string of the molecule is O=C(O)[C@H]1O[C@H](OCC(O)CO)[C@H](O)[C@@H](O)[C@@H]1O[C@@H]1O[C@H](CO)[C@@H](O)[C@H](O)[C@H]1O. The quantitative estimate of drug-likeness (QED) is 0.174. The van der Waals surface area contributed by atoms with Crippen LogP contribution >= 0.6 is 0 Å². The fourth-order valence-corrected chi connectivity index (χ4v) is 2.92. The highest BCUT2D eigenvalue weighted by molar-refractivity contribution is 5.73. The third kappa shape index (κ3) is 5.38. The number of ether oxygens (including phenoxy) is 4. The molecule has 2 aliphatic heterocycles. The topological polar surface area (TPSA) is 236 Å². The minimum Gasteiger partial charge on any atom is -0.479 e. The molecule has 14 heteroatoms. The number of rotatable bonds is 8. The normalized spacial score (nSPS) is 44.4. The van der Waals surface area contributed by atoms with Gasteiger partial charge in [-0.3, -0.25) is 0 Å². The van der Waals surface area contributed by atoms with Gasteiger partial charge >= 0.3 is 5.97 Å². The summed E-state index contributed by atoms with van der Waals surface area (Å²) >= 11 is 0. The Balaban J connectivity index is 2.13. The largest absolute Gasteiger partial charge is 0.479 e. The van der Waals surface area contributed by atoms with Crippen molar-refractivity contribution in [3.05, 3.63) is 0 Å². The lowest BCUT2D eigenvalue weighted by molar-refractivity contribution is -0.355. The molecule has 2 saturated heterocycles. The van der Waals surface area contributed by atoms with Crippen LogP contribution in [0.2, 0.25) is 0 Å². The number of aliphatic hydroxyl groups is 8. The molecule has 170 valence electrons. The molecule has 0 aromatic carbocycles. The summed E-state index contributed by atoms with van der Waals surface area (Å²) in [6.07, 6.45) is -19.1. The predicted molar refractivity (Wildman–Crippen MR) is 86.0 cm³/mol. The van der Waals surface area contributed by atoms with Crippen molar-refractivity contribution in [2.45, 2.75) is 67.5 Å². The molecule has 2 heterocycles. The van der Waals surface area contributed by atoms with Crippen molar-refractivity contribution in [2.75, 3.05) is 19.8 Å². The predicted octanol–water partition coefficient (Wildman–Crippen LogP) is -5.93. The van der Waals surface area contributed by atoms with E-state index in [9.17, 15) is 45.6 Å². The van der Waals surface area contributed by atoms with Crippen LogP contribution in [-0.4, -0.2) is 139 Å². The van der Waals surface area contributed by atoms with Crippen LogP contribution in [-0.2, 0) is 23.7 Å². The molecule has 0 aromatic heterocycles. The third-order valence-corrected chi connectivity index (χ3v) is 4.59. The monoisotopic (exact) mass is 430 g/mol. The Labute approximate surface area is 164 Å². The summed E-state index contributed by atoms with van der Waals surface area (Å²) in [7, 11) is 0. The first-order valence-corrected chi connectivity index (χ1v) is 8.73. The lowest BCUT2D eigenvalue weighted by Crippen LogP contribution is -2.65. The van der Waals surface area contributed by atoms with Crippen LogP contribution in [0, 0.1) is 0 Å². The first-order valence-electron chi connectivity index (χ1n) is 8.73. The highest BCUT2D eigenvalue weighted by Crippen LogP contribution is 2.29. The van der Waals surface area contributed by atoms with Gasteiger partial charge in [0.25, 0.3) is 0 Å². The van der Waals surface area contributed by atoms with E-state index < -0.39 is 93.3 Å². The van der Waals surface area contributed by atoms with Crippen molar-refractivity contribution < 1.29 is 69.7 Å². The van der Waals surface area contributed by atoms with E-state index in [2.05, 4.69) is 0 Å². The number of aliphatic hydroxyl groups excluding tert-OH is 8. The summed E-state index contributed by atoms with van der Waals surface area (Å²) in [5, 5.41) is 86.6. The maximum Gasteiger partial charge on any atom is 0.335 e. The lowest BCUT2D eigenvalue weighted by Gasteiger charge is -2.45. The zero-order valence-corrected chi connectivity index (χ0v) is 15.0. The molecule has 11 atom stereocenters. The number of hydrogen-bond acceptors (Lipinski definition) is 13. The number of carboxylic acids is 1. The molecule has 0 bridgehead atoms. The molecule has 0 amide bonds. The van der Waals surface area contributed by atoms with E-state index in [-0.39, 0.29) is 0 Å². The average molecular weight is 430 g/mol. The van der Waals surface area contributed by atoms with Gasteiger partial charge < -0.3 is 64.9 Å². The van der Waals surface area contributed by atoms with Gasteiger partial charge in [0.1, 0.15) is 48.8 Å². The molecular formula is C15H26O14. The smallest absolute Gasteiger partial charge is 0.335 e. The maximum absolute atomic E-state index is 11.5.